The molecule has 0 amide bonds. The minimum absolute atomic E-state index is 0.124. The smallest absolute Gasteiger partial charge is 0.459 e. The first-order valence-electron chi connectivity index (χ1n) is 18.1. The van der Waals surface area contributed by atoms with E-state index in [1.807, 2.05) is 0 Å². The van der Waals surface area contributed by atoms with E-state index >= 15 is 0 Å². The normalized spacial score (nSPS) is 25.8. The second kappa shape index (κ2) is 17.3. The molecule has 292 valence electrons. The largest absolute Gasteiger partial charge is 0.464 e. The quantitative estimate of drug-likeness (QED) is 0.109. The monoisotopic (exact) mass is 768 g/mol. The molecule has 3 aromatic rings. The number of esters is 3. The summed E-state index contributed by atoms with van der Waals surface area (Å²) >= 11 is 0. The first-order valence-corrected chi connectivity index (χ1v) is 19.6. The Hall–Kier alpha value is -4.52. The van der Waals surface area contributed by atoms with E-state index in [-0.39, 0.29) is 24.3 Å². The SMILES string of the molecule is CC(C)C(=O)O[C@H]1[C@H](c2ccc3c(N)ccnn23)O[C@](C#N)(CO[P@](=O)(N[C@@H](C)C(=O)OCC2CCC(N)CC2)Oc2ccccc2)[C@H]1OC(=O)C(C)C. The lowest BCUT2D eigenvalue weighted by molar-refractivity contribution is -0.173. The van der Waals surface area contributed by atoms with Gasteiger partial charge in [-0.15, -0.1) is 0 Å². The number of para-hydroxylation sites is 1. The van der Waals surface area contributed by atoms with Crippen LogP contribution >= 0.6 is 7.75 Å². The summed E-state index contributed by atoms with van der Waals surface area (Å²) in [5, 5.41) is 17.9. The zero-order valence-electron chi connectivity index (χ0n) is 31.1. The number of nitrogens with one attached hydrogen (secondary N) is 1. The van der Waals surface area contributed by atoms with Gasteiger partial charge in [-0.1, -0.05) is 45.9 Å². The number of nitrogen functional groups attached to an aromatic ring is 1. The van der Waals surface area contributed by atoms with E-state index in [9.17, 15) is 24.2 Å². The van der Waals surface area contributed by atoms with Gasteiger partial charge in [-0.2, -0.15) is 15.4 Å². The molecule has 2 aliphatic rings. The molecule has 16 nitrogen and oxygen atoms in total. The van der Waals surface area contributed by atoms with Crippen molar-refractivity contribution in [1.29, 1.82) is 5.26 Å². The van der Waals surface area contributed by atoms with E-state index in [0.717, 1.165) is 25.7 Å². The van der Waals surface area contributed by atoms with Crippen molar-refractivity contribution in [3.8, 4) is 11.8 Å². The van der Waals surface area contributed by atoms with Gasteiger partial charge < -0.3 is 34.9 Å². The van der Waals surface area contributed by atoms with Gasteiger partial charge in [-0.25, -0.2) is 9.08 Å². The molecule has 1 saturated carbocycles. The fourth-order valence-electron chi connectivity index (χ4n) is 6.20. The van der Waals surface area contributed by atoms with Gasteiger partial charge in [0.1, 0.15) is 30.6 Å². The summed E-state index contributed by atoms with van der Waals surface area (Å²) < 4.78 is 51.7. The number of rotatable bonds is 15. The number of nitrogens with two attached hydrogens (primary N) is 2. The van der Waals surface area contributed by atoms with Crippen LogP contribution in [0.2, 0.25) is 0 Å². The molecule has 5 rings (SSSR count). The number of benzene rings is 1. The summed E-state index contributed by atoms with van der Waals surface area (Å²) in [5.74, 6) is -3.09. The molecule has 6 atom stereocenters. The lowest BCUT2D eigenvalue weighted by Gasteiger charge is -2.31. The van der Waals surface area contributed by atoms with Crippen molar-refractivity contribution in [2.45, 2.75) is 96.3 Å². The van der Waals surface area contributed by atoms with Crippen molar-refractivity contribution in [2.75, 3.05) is 18.9 Å². The number of carbonyl (C=O) groups is 3. The molecule has 54 heavy (non-hydrogen) atoms. The first-order chi connectivity index (χ1) is 25.6. The van der Waals surface area contributed by atoms with Gasteiger partial charge >= 0.3 is 25.7 Å². The highest BCUT2D eigenvalue weighted by Crippen LogP contribution is 2.50. The van der Waals surface area contributed by atoms with Crippen molar-refractivity contribution in [3.05, 3.63) is 60.4 Å². The van der Waals surface area contributed by atoms with Crippen molar-refractivity contribution >= 4 is 36.9 Å². The van der Waals surface area contributed by atoms with E-state index in [1.165, 1.54) is 29.8 Å². The molecule has 0 spiro atoms. The zero-order chi connectivity index (χ0) is 39.2. The van der Waals surface area contributed by atoms with Crippen molar-refractivity contribution in [3.63, 3.8) is 0 Å². The molecule has 1 aromatic carbocycles. The minimum Gasteiger partial charge on any atom is -0.464 e. The van der Waals surface area contributed by atoms with Crippen LogP contribution in [-0.2, 0) is 42.4 Å². The van der Waals surface area contributed by atoms with Gasteiger partial charge in [-0.3, -0.25) is 18.9 Å². The van der Waals surface area contributed by atoms with E-state index in [1.54, 1.807) is 64.1 Å². The van der Waals surface area contributed by atoms with Crippen LogP contribution in [0.1, 0.15) is 72.1 Å². The van der Waals surface area contributed by atoms with Crippen LogP contribution in [-0.4, -0.2) is 70.6 Å². The van der Waals surface area contributed by atoms with Gasteiger partial charge in [0, 0.05) is 12.2 Å². The number of nitrogens with zero attached hydrogens (tertiary/aromatic N) is 3. The molecule has 0 bridgehead atoms. The Bertz CT molecular complexity index is 1880. The van der Waals surface area contributed by atoms with E-state index in [0.29, 0.717) is 16.9 Å². The maximum atomic E-state index is 14.6. The minimum atomic E-state index is -4.57. The van der Waals surface area contributed by atoms with Gasteiger partial charge in [0.05, 0.1) is 35.3 Å². The summed E-state index contributed by atoms with van der Waals surface area (Å²) in [6, 6.07) is 14.0. The van der Waals surface area contributed by atoms with Crippen molar-refractivity contribution in [1.82, 2.24) is 14.7 Å². The number of hydrogen-bond donors (Lipinski definition) is 3. The lowest BCUT2D eigenvalue weighted by Crippen LogP contribution is -2.50. The van der Waals surface area contributed by atoms with Crippen LogP contribution in [0, 0.1) is 29.1 Å². The van der Waals surface area contributed by atoms with Crippen LogP contribution in [0.4, 0.5) is 5.69 Å². The molecule has 2 fully saturated rings. The van der Waals surface area contributed by atoms with E-state index in [4.69, 9.17) is 39.5 Å². The fraction of sp³-hybridized carbons (Fsp3) is 0.541. The predicted octanol–water partition coefficient (Wildman–Crippen LogP) is 4.63. The second-order valence-corrected chi connectivity index (χ2v) is 16.1. The Balaban J connectivity index is 1.48. The summed E-state index contributed by atoms with van der Waals surface area (Å²) in [5.41, 5.74) is 11.2. The number of aromatic nitrogens is 2. The summed E-state index contributed by atoms with van der Waals surface area (Å²) in [4.78, 5) is 39.6. The van der Waals surface area contributed by atoms with Gasteiger partial charge in [-0.05, 0) is 68.9 Å². The van der Waals surface area contributed by atoms with E-state index in [2.05, 4.69) is 16.3 Å². The van der Waals surface area contributed by atoms with Crippen LogP contribution in [0.15, 0.2) is 54.7 Å². The van der Waals surface area contributed by atoms with Crippen LogP contribution in [0.25, 0.3) is 5.52 Å². The number of hydrogen-bond acceptors (Lipinski definition) is 14. The Kier molecular flexibility index (Phi) is 13.0. The van der Waals surface area contributed by atoms with Gasteiger partial charge in [0.15, 0.2) is 12.2 Å². The molecule has 17 heteroatoms. The third kappa shape index (κ3) is 9.40. The number of fused-ring (bicyclic) bond motifs is 1. The number of carbonyl (C=O) groups excluding carboxylic acids is 3. The van der Waals surface area contributed by atoms with E-state index < -0.39 is 74.1 Å². The molecule has 0 unspecified atom stereocenters. The molecule has 0 radical (unpaired) electrons. The maximum Gasteiger partial charge on any atom is 0.459 e. The van der Waals surface area contributed by atoms with Crippen LogP contribution in [0.5, 0.6) is 5.75 Å². The summed E-state index contributed by atoms with van der Waals surface area (Å²) in [6.45, 7) is 7.21. The molecular weight excluding hydrogens is 719 g/mol. The lowest BCUT2D eigenvalue weighted by atomic mass is 9.87. The molecule has 2 aromatic heterocycles. The molecule has 1 saturated heterocycles. The molecule has 3 heterocycles. The fourth-order valence-corrected chi connectivity index (χ4v) is 7.72. The summed E-state index contributed by atoms with van der Waals surface area (Å²) in [7, 11) is -4.57. The molecule has 5 N–H and O–H groups in total. The Morgan fingerprint density at radius 3 is 2.31 bits per heavy atom. The first kappa shape index (κ1) is 40.7. The topological polar surface area (TPSA) is 229 Å². The third-order valence-electron chi connectivity index (χ3n) is 9.41. The summed E-state index contributed by atoms with van der Waals surface area (Å²) in [6.07, 6.45) is 0.518. The Morgan fingerprint density at radius 2 is 1.67 bits per heavy atom. The molecular formula is C37H49N6O10P. The average Bonchev–Trinajstić information content (AvgIpc) is 3.70. The highest BCUT2D eigenvalue weighted by molar-refractivity contribution is 7.52. The third-order valence-corrected chi connectivity index (χ3v) is 11.0. The number of ether oxygens (including phenoxy) is 4. The average molecular weight is 769 g/mol. The maximum absolute atomic E-state index is 14.6. The standard InChI is InChI=1S/C37H49N6O10P/c1-22(2)34(44)50-32-31(30-16-15-29-28(40)17-18-41-43(29)30)52-37(20-38,33(32)51-35(45)23(3)4)21-49-54(47,53-27-9-7-6-8-10-27)42-24(5)36(46)48-19-25-11-13-26(39)14-12-25/h6-10,15-18,22-26,31-33H,11-14,19,21,39-40H2,1-5H3,(H,42,47)/t24-,25?,26?,31-,32-,33-,37+,54+/m0/s1. The van der Waals surface area contributed by atoms with Gasteiger partial charge in [0.25, 0.3) is 0 Å². The highest BCUT2D eigenvalue weighted by atomic mass is 31.2. The number of anilines is 1. The zero-order valence-corrected chi connectivity index (χ0v) is 32.0. The van der Waals surface area contributed by atoms with Gasteiger partial charge in [0.2, 0.25) is 5.60 Å². The van der Waals surface area contributed by atoms with Crippen molar-refractivity contribution in [2.24, 2.45) is 23.5 Å². The number of nitriles is 1. The second-order valence-electron chi connectivity index (χ2n) is 14.4. The molecule has 1 aliphatic carbocycles. The van der Waals surface area contributed by atoms with Crippen LogP contribution < -0.4 is 21.1 Å². The Morgan fingerprint density at radius 1 is 1.00 bits per heavy atom. The van der Waals surface area contributed by atoms with Crippen LogP contribution in [0.3, 0.4) is 0 Å². The Labute approximate surface area is 314 Å². The molecule has 1 aliphatic heterocycles. The predicted molar refractivity (Wildman–Crippen MR) is 195 cm³/mol. The highest BCUT2D eigenvalue weighted by Gasteiger charge is 2.62. The van der Waals surface area contributed by atoms with Crippen molar-refractivity contribution < 1.29 is 46.9 Å².